The van der Waals surface area contributed by atoms with Crippen molar-refractivity contribution in [2.24, 2.45) is 11.0 Å². The molecular formula is C18H12BrIN4O4. The minimum absolute atomic E-state index is 0.327. The third kappa shape index (κ3) is 4.44. The molecule has 1 heterocycles. The average molecular weight is 555 g/mol. The summed E-state index contributed by atoms with van der Waals surface area (Å²) in [5.41, 5.74) is 2.94. The second-order valence-corrected chi connectivity index (χ2v) is 7.81. The van der Waals surface area contributed by atoms with Crippen LogP contribution in [-0.4, -0.2) is 30.0 Å². The highest BCUT2D eigenvalue weighted by atomic mass is 127. The number of amides is 5. The van der Waals surface area contributed by atoms with Gasteiger partial charge in [0, 0.05) is 19.8 Å². The molecule has 142 valence electrons. The molecule has 2 aromatic rings. The molecule has 0 spiro atoms. The van der Waals surface area contributed by atoms with Gasteiger partial charge in [-0.1, -0.05) is 15.9 Å². The number of imide groups is 2. The Morgan fingerprint density at radius 3 is 2.39 bits per heavy atom. The average Bonchev–Trinajstić information content (AvgIpc) is 2.66. The predicted molar refractivity (Wildman–Crippen MR) is 114 cm³/mol. The van der Waals surface area contributed by atoms with Gasteiger partial charge in [0.1, 0.15) is 0 Å². The quantitative estimate of drug-likeness (QED) is 0.262. The fourth-order valence-corrected chi connectivity index (χ4v) is 3.02. The van der Waals surface area contributed by atoms with Gasteiger partial charge >= 0.3 is 6.03 Å². The summed E-state index contributed by atoms with van der Waals surface area (Å²) in [6, 6.07) is 12.4. The maximum Gasteiger partial charge on any atom is 0.335 e. The molecule has 1 fully saturated rings. The number of anilines is 1. The van der Waals surface area contributed by atoms with Crippen molar-refractivity contribution < 1.29 is 19.2 Å². The molecular weight excluding hydrogens is 543 g/mol. The molecule has 2 aromatic carbocycles. The van der Waals surface area contributed by atoms with Crippen LogP contribution in [0, 0.1) is 9.49 Å². The number of nitrogens with one attached hydrogen (secondary N) is 2. The van der Waals surface area contributed by atoms with Gasteiger partial charge in [-0.05, 0) is 71.1 Å². The topological polar surface area (TPSA) is 108 Å². The van der Waals surface area contributed by atoms with Gasteiger partial charge in [-0.3, -0.25) is 19.7 Å². The van der Waals surface area contributed by atoms with Crippen LogP contribution in [0.3, 0.4) is 0 Å². The van der Waals surface area contributed by atoms with E-state index in [-0.39, 0.29) is 0 Å². The molecule has 1 aliphatic rings. The van der Waals surface area contributed by atoms with E-state index >= 15 is 0 Å². The van der Waals surface area contributed by atoms with Gasteiger partial charge in [-0.15, -0.1) is 0 Å². The van der Waals surface area contributed by atoms with Crippen LogP contribution in [0.15, 0.2) is 58.1 Å². The first-order valence-electron chi connectivity index (χ1n) is 7.90. The fraction of sp³-hybridized carbons (Fsp3) is 0.0556. The SMILES string of the molecule is O=C(N/N=C\[C@H]1C(=O)NC(=O)N(c2ccc(I)cc2)C1=O)c1ccc(Br)cc1. The first-order chi connectivity index (χ1) is 13.4. The van der Waals surface area contributed by atoms with E-state index in [1.165, 1.54) is 0 Å². The Morgan fingerprint density at radius 2 is 1.75 bits per heavy atom. The highest BCUT2D eigenvalue weighted by molar-refractivity contribution is 14.1. The number of nitrogens with zero attached hydrogens (tertiary/aromatic N) is 2. The maximum absolute atomic E-state index is 12.6. The van der Waals surface area contributed by atoms with Crippen molar-refractivity contribution in [1.82, 2.24) is 10.7 Å². The van der Waals surface area contributed by atoms with Crippen LogP contribution in [0.4, 0.5) is 10.5 Å². The predicted octanol–water partition coefficient (Wildman–Crippen LogP) is 2.67. The number of hydrogen-bond acceptors (Lipinski definition) is 5. The monoisotopic (exact) mass is 554 g/mol. The zero-order valence-electron chi connectivity index (χ0n) is 14.1. The van der Waals surface area contributed by atoms with Crippen LogP contribution in [0.1, 0.15) is 10.4 Å². The van der Waals surface area contributed by atoms with E-state index in [1.807, 2.05) is 0 Å². The first-order valence-corrected chi connectivity index (χ1v) is 9.77. The summed E-state index contributed by atoms with van der Waals surface area (Å²) < 4.78 is 1.74. The first kappa shape index (κ1) is 20.1. The van der Waals surface area contributed by atoms with Gasteiger partial charge in [0.25, 0.3) is 11.8 Å². The van der Waals surface area contributed by atoms with E-state index in [2.05, 4.69) is 54.4 Å². The summed E-state index contributed by atoms with van der Waals surface area (Å²) >= 11 is 5.36. The summed E-state index contributed by atoms with van der Waals surface area (Å²) in [7, 11) is 0. The molecule has 1 saturated heterocycles. The molecule has 0 saturated carbocycles. The summed E-state index contributed by atoms with van der Waals surface area (Å²) in [6.45, 7) is 0. The Balaban J connectivity index is 1.74. The van der Waals surface area contributed by atoms with Gasteiger partial charge in [0.05, 0.1) is 5.69 Å². The van der Waals surface area contributed by atoms with E-state index in [9.17, 15) is 19.2 Å². The lowest BCUT2D eigenvalue weighted by Crippen LogP contribution is -2.58. The number of benzene rings is 2. The highest BCUT2D eigenvalue weighted by Gasteiger charge is 2.40. The third-order valence-corrected chi connectivity index (χ3v) is 5.03. The van der Waals surface area contributed by atoms with Gasteiger partial charge in [-0.25, -0.2) is 15.1 Å². The van der Waals surface area contributed by atoms with Crippen molar-refractivity contribution in [1.29, 1.82) is 0 Å². The molecule has 5 amide bonds. The van der Waals surface area contributed by atoms with E-state index in [4.69, 9.17) is 0 Å². The number of urea groups is 1. The van der Waals surface area contributed by atoms with Gasteiger partial charge in [0.15, 0.2) is 5.92 Å². The van der Waals surface area contributed by atoms with Crippen molar-refractivity contribution in [3.63, 3.8) is 0 Å². The van der Waals surface area contributed by atoms with Crippen LogP contribution in [0.2, 0.25) is 0 Å². The second-order valence-electron chi connectivity index (χ2n) is 5.65. The molecule has 1 aliphatic heterocycles. The Labute approximate surface area is 181 Å². The Morgan fingerprint density at radius 1 is 1.11 bits per heavy atom. The number of rotatable bonds is 4. The second kappa shape index (κ2) is 8.61. The van der Waals surface area contributed by atoms with E-state index in [0.717, 1.165) is 19.2 Å². The molecule has 28 heavy (non-hydrogen) atoms. The van der Waals surface area contributed by atoms with Crippen molar-refractivity contribution in [2.75, 3.05) is 4.90 Å². The Hall–Kier alpha value is -2.60. The number of hydrogen-bond donors (Lipinski definition) is 2. The van der Waals surface area contributed by atoms with E-state index < -0.39 is 29.7 Å². The maximum atomic E-state index is 12.6. The molecule has 0 unspecified atom stereocenters. The minimum atomic E-state index is -1.35. The van der Waals surface area contributed by atoms with Crippen molar-refractivity contribution in [3.8, 4) is 0 Å². The Kier molecular flexibility index (Phi) is 6.19. The largest absolute Gasteiger partial charge is 0.335 e. The molecule has 8 nitrogen and oxygen atoms in total. The summed E-state index contributed by atoms with van der Waals surface area (Å²) in [4.78, 5) is 49.7. The molecule has 0 aromatic heterocycles. The number of barbiturate groups is 1. The van der Waals surface area contributed by atoms with Crippen LogP contribution >= 0.6 is 38.5 Å². The minimum Gasteiger partial charge on any atom is -0.276 e. The van der Waals surface area contributed by atoms with Crippen LogP contribution < -0.4 is 15.6 Å². The van der Waals surface area contributed by atoms with Crippen LogP contribution in [0.5, 0.6) is 0 Å². The van der Waals surface area contributed by atoms with Crippen molar-refractivity contribution in [2.45, 2.75) is 0 Å². The molecule has 2 N–H and O–H groups in total. The fourth-order valence-electron chi connectivity index (χ4n) is 2.39. The zero-order chi connectivity index (χ0) is 20.3. The smallest absolute Gasteiger partial charge is 0.276 e. The molecule has 3 rings (SSSR count). The summed E-state index contributed by atoms with van der Waals surface area (Å²) in [6.07, 6.45) is 1.00. The Bertz CT molecular complexity index is 976. The lowest BCUT2D eigenvalue weighted by molar-refractivity contribution is -0.131. The molecule has 0 radical (unpaired) electrons. The number of hydrazone groups is 1. The molecule has 0 bridgehead atoms. The molecule has 1 atom stereocenters. The van der Waals surface area contributed by atoms with Crippen molar-refractivity contribution >= 4 is 74.2 Å². The molecule has 0 aliphatic carbocycles. The lowest BCUT2D eigenvalue weighted by atomic mass is 10.1. The zero-order valence-corrected chi connectivity index (χ0v) is 17.8. The molecule has 10 heteroatoms. The van der Waals surface area contributed by atoms with Crippen LogP contribution in [0.25, 0.3) is 0 Å². The number of halogens is 2. The number of carbonyl (C=O) groups excluding carboxylic acids is 4. The van der Waals surface area contributed by atoms with Gasteiger partial charge in [-0.2, -0.15) is 5.10 Å². The standard InChI is InChI=1S/C18H12BrIN4O4/c19-11-3-1-10(2-4-11)15(25)23-21-9-14-16(26)22-18(28)24(17(14)27)13-7-5-12(20)6-8-13/h1-9,14H,(H,23,25)(H,22,26,28)/b21-9-/t14-/m0/s1. The van der Waals surface area contributed by atoms with Gasteiger partial charge < -0.3 is 0 Å². The highest BCUT2D eigenvalue weighted by Crippen LogP contribution is 2.21. The summed E-state index contributed by atoms with van der Waals surface area (Å²) in [5.74, 6) is -3.41. The van der Waals surface area contributed by atoms with E-state index in [0.29, 0.717) is 11.3 Å². The van der Waals surface area contributed by atoms with Gasteiger partial charge in [0.2, 0.25) is 5.91 Å². The van der Waals surface area contributed by atoms with Crippen molar-refractivity contribution in [3.05, 3.63) is 62.1 Å². The van der Waals surface area contributed by atoms with E-state index in [1.54, 1.807) is 48.5 Å². The normalized spacial score (nSPS) is 17.0. The number of carbonyl (C=O) groups is 4. The van der Waals surface area contributed by atoms with Crippen LogP contribution in [-0.2, 0) is 9.59 Å². The third-order valence-electron chi connectivity index (χ3n) is 3.78. The summed E-state index contributed by atoms with van der Waals surface area (Å²) in [5, 5.41) is 5.82. The lowest BCUT2D eigenvalue weighted by Gasteiger charge is -2.28.